The average molecular weight is 470 g/mol. The van der Waals surface area contributed by atoms with Gasteiger partial charge in [0.25, 0.3) is 5.19 Å². The minimum Gasteiger partial charge on any atom is -0.467 e. The average Bonchev–Trinajstić information content (AvgIpc) is 3.27. The Kier molecular flexibility index (Phi) is 6.62. The molecule has 168 valence electrons. The molecule has 1 aromatic carbocycles. The van der Waals surface area contributed by atoms with Crippen molar-refractivity contribution in [1.82, 2.24) is 9.97 Å². The van der Waals surface area contributed by atoms with Crippen LogP contribution in [0.15, 0.2) is 60.3 Å². The lowest BCUT2D eigenvalue weighted by molar-refractivity contribution is 0.132. The number of thiazole rings is 1. The van der Waals surface area contributed by atoms with Crippen molar-refractivity contribution >= 4 is 33.1 Å². The monoisotopic (exact) mass is 469 g/mol. The largest absolute Gasteiger partial charge is 0.467 e. The lowest BCUT2D eigenvalue weighted by atomic mass is 9.92. The molecule has 1 aliphatic heterocycles. The van der Waals surface area contributed by atoms with Gasteiger partial charge in [0, 0.05) is 31.7 Å². The number of anilines is 1. The molecule has 0 N–H and O–H groups in total. The first-order chi connectivity index (χ1) is 15.3. The molecule has 3 heterocycles. The summed E-state index contributed by atoms with van der Waals surface area (Å²) in [4.78, 5) is 12.6. The molecule has 0 spiro atoms. The molecule has 0 amide bonds. The van der Waals surface area contributed by atoms with E-state index in [9.17, 15) is 8.42 Å². The van der Waals surface area contributed by atoms with Crippen molar-refractivity contribution in [2.45, 2.75) is 30.8 Å². The van der Waals surface area contributed by atoms with E-state index in [1.807, 2.05) is 24.4 Å². The molecule has 0 aliphatic carbocycles. The van der Waals surface area contributed by atoms with Crippen LogP contribution < -0.4 is 9.64 Å². The highest BCUT2D eigenvalue weighted by atomic mass is 32.2. The Morgan fingerprint density at radius 3 is 2.44 bits per heavy atom. The Morgan fingerprint density at radius 2 is 1.84 bits per heavy atom. The fraction of sp³-hybridized carbons (Fsp3) is 0.333. The summed E-state index contributed by atoms with van der Waals surface area (Å²) in [5.41, 5.74) is 1.96. The molecular formula is C24H27N3O3S2. The van der Waals surface area contributed by atoms with Crippen molar-refractivity contribution in [3.63, 3.8) is 0 Å². The smallest absolute Gasteiger partial charge is 0.273 e. The van der Waals surface area contributed by atoms with E-state index in [-0.39, 0.29) is 6.10 Å². The van der Waals surface area contributed by atoms with Gasteiger partial charge in [-0.3, -0.25) is 0 Å². The number of sulfone groups is 1. The van der Waals surface area contributed by atoms with Gasteiger partial charge < -0.3 is 9.64 Å². The van der Waals surface area contributed by atoms with Gasteiger partial charge in [0.2, 0.25) is 0 Å². The first-order valence-corrected chi connectivity index (χ1v) is 13.3. The molecule has 0 saturated carbocycles. The Hall–Kier alpha value is -2.71. The number of aromatic nitrogens is 2. The molecule has 1 saturated heterocycles. The number of rotatable bonds is 7. The maximum Gasteiger partial charge on any atom is 0.273 e. The summed E-state index contributed by atoms with van der Waals surface area (Å²) in [6.45, 7) is 7.79. The maximum atomic E-state index is 11.6. The molecule has 2 aromatic heterocycles. The van der Waals surface area contributed by atoms with Gasteiger partial charge in [0.15, 0.2) is 9.84 Å². The van der Waals surface area contributed by atoms with Crippen molar-refractivity contribution in [2.24, 2.45) is 5.92 Å². The minimum absolute atomic E-state index is 0.0693. The molecule has 6 nitrogen and oxygen atoms in total. The van der Waals surface area contributed by atoms with E-state index in [4.69, 9.17) is 4.74 Å². The number of benzene rings is 1. The predicted molar refractivity (Wildman–Crippen MR) is 130 cm³/mol. The van der Waals surface area contributed by atoms with Gasteiger partial charge in [-0.15, -0.1) is 0 Å². The molecule has 4 rings (SSSR count). The van der Waals surface area contributed by atoms with Crippen LogP contribution in [0.25, 0.3) is 16.5 Å². The van der Waals surface area contributed by atoms with Crippen LogP contribution >= 0.6 is 11.3 Å². The molecule has 8 heteroatoms. The highest BCUT2D eigenvalue weighted by Gasteiger charge is 2.26. The summed E-state index contributed by atoms with van der Waals surface area (Å²) < 4.78 is 29.5. The molecule has 1 fully saturated rings. The molecule has 0 bridgehead atoms. The van der Waals surface area contributed by atoms with Gasteiger partial charge in [0.1, 0.15) is 11.9 Å². The molecule has 1 atom stereocenters. The van der Waals surface area contributed by atoms with E-state index in [1.165, 1.54) is 17.6 Å². The first-order valence-electron chi connectivity index (χ1n) is 10.6. The summed E-state index contributed by atoms with van der Waals surface area (Å²) in [5.74, 6) is 1.47. The van der Waals surface area contributed by atoms with Crippen LogP contribution in [-0.4, -0.2) is 43.8 Å². The Bertz CT molecular complexity index is 1160. The topological polar surface area (TPSA) is 72.4 Å². The third-order valence-electron chi connectivity index (χ3n) is 5.87. The maximum absolute atomic E-state index is 11.6. The number of nitrogens with zero attached hydrogens (tertiary/aromatic N) is 3. The molecule has 32 heavy (non-hydrogen) atoms. The van der Waals surface area contributed by atoms with Crippen molar-refractivity contribution in [2.75, 3.05) is 24.2 Å². The lowest BCUT2D eigenvalue weighted by Gasteiger charge is -2.35. The number of pyridine rings is 1. The van der Waals surface area contributed by atoms with Crippen molar-refractivity contribution in [1.29, 1.82) is 0 Å². The van der Waals surface area contributed by atoms with Crippen LogP contribution in [-0.2, 0) is 9.84 Å². The summed E-state index contributed by atoms with van der Waals surface area (Å²) in [5, 5.41) is 0.642. The van der Waals surface area contributed by atoms with Crippen LogP contribution in [0.4, 0.5) is 5.82 Å². The van der Waals surface area contributed by atoms with Gasteiger partial charge in [-0.2, -0.15) is 0 Å². The third kappa shape index (κ3) is 5.19. The molecule has 0 radical (unpaired) electrons. The molecule has 1 aliphatic rings. The normalized spacial score (nSPS) is 16.0. The summed E-state index contributed by atoms with van der Waals surface area (Å²) >= 11 is 1.48. The zero-order valence-electron chi connectivity index (χ0n) is 18.3. The van der Waals surface area contributed by atoms with Crippen molar-refractivity contribution < 1.29 is 13.2 Å². The zero-order chi connectivity index (χ0) is 22.7. The molecule has 3 aromatic rings. The van der Waals surface area contributed by atoms with Gasteiger partial charge in [-0.1, -0.05) is 36.1 Å². The van der Waals surface area contributed by atoms with Crippen molar-refractivity contribution in [3.05, 3.63) is 60.9 Å². The van der Waals surface area contributed by atoms with Crippen LogP contribution in [0.1, 0.15) is 25.3 Å². The van der Waals surface area contributed by atoms with E-state index < -0.39 is 9.84 Å². The second kappa shape index (κ2) is 9.42. The highest BCUT2D eigenvalue weighted by molar-refractivity contribution is 7.90. The Morgan fingerprint density at radius 1 is 1.12 bits per heavy atom. The van der Waals surface area contributed by atoms with Gasteiger partial charge in [-0.05, 0) is 61.1 Å². The number of hydrogen-bond donors (Lipinski definition) is 0. The van der Waals surface area contributed by atoms with E-state index in [1.54, 1.807) is 24.4 Å². The second-order valence-electron chi connectivity index (χ2n) is 8.09. The Labute approximate surface area is 193 Å². The number of piperidine rings is 1. The van der Waals surface area contributed by atoms with Gasteiger partial charge in [-0.25, -0.2) is 18.4 Å². The molecule has 1 unspecified atom stereocenters. The van der Waals surface area contributed by atoms with Gasteiger partial charge >= 0.3 is 0 Å². The standard InChI is InChI=1S/C24H27N3O3S2/c1-4-18-5-10-23(25-15-18)27-13-11-19(12-14-27)17(2)30-24-26-16-22(31-24)20-6-8-21(9-7-20)32(3,28)29/h4-10,15-17,19H,1,11-14H2,2-3H3. The molecular weight excluding hydrogens is 442 g/mol. The van der Waals surface area contributed by atoms with Crippen LogP contribution in [0, 0.1) is 5.92 Å². The number of ether oxygens (including phenoxy) is 1. The fourth-order valence-electron chi connectivity index (χ4n) is 3.87. The SMILES string of the molecule is C=Cc1ccc(N2CCC(C(C)Oc3ncc(-c4ccc(S(C)(=O)=O)cc4)s3)CC2)nc1. The predicted octanol–water partition coefficient (Wildman–Crippen LogP) is 4.94. The summed E-state index contributed by atoms with van der Waals surface area (Å²) in [6, 6.07) is 11.0. The highest BCUT2D eigenvalue weighted by Crippen LogP contribution is 2.33. The summed E-state index contributed by atoms with van der Waals surface area (Å²) in [6.07, 6.45) is 8.80. The van der Waals surface area contributed by atoms with Crippen molar-refractivity contribution in [3.8, 4) is 15.6 Å². The quantitative estimate of drug-likeness (QED) is 0.488. The first kappa shape index (κ1) is 22.5. The third-order valence-corrected chi connectivity index (χ3v) is 7.94. The van der Waals surface area contributed by atoms with E-state index in [0.29, 0.717) is 16.0 Å². The Balaban J connectivity index is 1.33. The van der Waals surface area contributed by atoms with E-state index in [0.717, 1.165) is 47.8 Å². The fourth-order valence-corrected chi connectivity index (χ4v) is 5.35. The van der Waals surface area contributed by atoms with E-state index >= 15 is 0 Å². The zero-order valence-corrected chi connectivity index (χ0v) is 19.9. The summed E-state index contributed by atoms with van der Waals surface area (Å²) in [7, 11) is -3.20. The van der Waals surface area contributed by atoms with Gasteiger partial charge in [0.05, 0.1) is 9.77 Å². The van der Waals surface area contributed by atoms with Crippen LogP contribution in [0.2, 0.25) is 0 Å². The van der Waals surface area contributed by atoms with E-state index in [2.05, 4.69) is 34.4 Å². The van der Waals surface area contributed by atoms with Crippen LogP contribution in [0.5, 0.6) is 5.19 Å². The minimum atomic E-state index is -3.20. The lowest BCUT2D eigenvalue weighted by Crippen LogP contribution is -2.39. The number of hydrogen-bond acceptors (Lipinski definition) is 7. The van der Waals surface area contributed by atoms with Crippen LogP contribution in [0.3, 0.4) is 0 Å². The second-order valence-corrected chi connectivity index (χ2v) is 11.1.